The normalized spacial score (nSPS) is 26.7. The van der Waals surface area contributed by atoms with E-state index in [4.69, 9.17) is 4.74 Å². The molecule has 3 aliphatic heterocycles. The van der Waals surface area contributed by atoms with Gasteiger partial charge in [-0.1, -0.05) is 43.7 Å². The van der Waals surface area contributed by atoms with Crippen molar-refractivity contribution in [2.45, 2.75) is 57.6 Å². The predicted octanol–water partition coefficient (Wildman–Crippen LogP) is 5.57. The highest BCUT2D eigenvalue weighted by Crippen LogP contribution is 2.52. The first kappa shape index (κ1) is 23.7. The minimum Gasteiger partial charge on any atom is -0.489 e. The van der Waals surface area contributed by atoms with Crippen molar-refractivity contribution in [2.24, 2.45) is 11.8 Å². The van der Waals surface area contributed by atoms with Crippen molar-refractivity contribution in [3.05, 3.63) is 65.4 Å². The van der Waals surface area contributed by atoms with Gasteiger partial charge in [-0.05, 0) is 74.5 Å². The second kappa shape index (κ2) is 9.68. The summed E-state index contributed by atoms with van der Waals surface area (Å²) in [6.07, 6.45) is 5.36. The summed E-state index contributed by atoms with van der Waals surface area (Å²) in [5, 5.41) is 1.21. The van der Waals surface area contributed by atoms with Crippen LogP contribution < -0.4 is 4.74 Å². The first-order valence-electron chi connectivity index (χ1n) is 13.8. The molecule has 1 unspecified atom stereocenters. The summed E-state index contributed by atoms with van der Waals surface area (Å²) in [6, 6.07) is 17.3. The molecule has 3 fully saturated rings. The van der Waals surface area contributed by atoms with Crippen molar-refractivity contribution in [2.75, 3.05) is 33.7 Å². The molecule has 5 atom stereocenters. The molecule has 0 amide bonds. The first-order valence-corrected chi connectivity index (χ1v) is 13.8. The zero-order valence-corrected chi connectivity index (χ0v) is 22.0. The van der Waals surface area contributed by atoms with Crippen LogP contribution in [0, 0.1) is 11.8 Å². The fraction of sp³-hybridized carbons (Fsp3) is 0.516. The highest BCUT2D eigenvalue weighted by Gasteiger charge is 2.49. The lowest BCUT2D eigenvalue weighted by Crippen LogP contribution is -2.56. The Bertz CT molecular complexity index is 1250. The molecule has 1 aliphatic carbocycles. The van der Waals surface area contributed by atoms with Gasteiger partial charge in [-0.3, -0.25) is 14.3 Å². The minimum atomic E-state index is 0.232. The molecule has 5 heteroatoms. The van der Waals surface area contributed by atoms with Gasteiger partial charge in [0.15, 0.2) is 0 Å². The van der Waals surface area contributed by atoms with E-state index in [1.54, 1.807) is 0 Å². The summed E-state index contributed by atoms with van der Waals surface area (Å²) in [4.78, 5) is 18.7. The number of benzene rings is 2. The summed E-state index contributed by atoms with van der Waals surface area (Å²) in [6.45, 7) is 6.01. The van der Waals surface area contributed by atoms with Crippen LogP contribution in [0.4, 0.5) is 0 Å². The molecule has 0 N–H and O–H groups in total. The maximum Gasteiger partial charge on any atom is 0.232 e. The van der Waals surface area contributed by atoms with Gasteiger partial charge >= 0.3 is 0 Å². The molecule has 4 aliphatic rings. The van der Waals surface area contributed by atoms with Gasteiger partial charge in [-0.15, -0.1) is 0 Å². The Morgan fingerprint density at radius 1 is 1.11 bits per heavy atom. The summed E-state index contributed by atoms with van der Waals surface area (Å²) < 4.78 is 8.37. The molecule has 7 rings (SSSR count). The Labute approximate surface area is 215 Å². The van der Waals surface area contributed by atoms with Gasteiger partial charge in [0.2, 0.25) is 5.91 Å². The smallest absolute Gasteiger partial charge is 0.232 e. The third kappa shape index (κ3) is 4.16. The molecule has 4 heterocycles. The zero-order valence-electron chi connectivity index (χ0n) is 22.0. The molecule has 36 heavy (non-hydrogen) atoms. The van der Waals surface area contributed by atoms with Crippen LogP contribution in [0.1, 0.15) is 60.1 Å². The highest BCUT2D eigenvalue weighted by atomic mass is 16.5. The number of aromatic nitrogens is 1. The molecule has 2 aromatic carbocycles. The van der Waals surface area contributed by atoms with Gasteiger partial charge < -0.3 is 9.64 Å². The Kier molecular flexibility index (Phi) is 6.38. The summed E-state index contributed by atoms with van der Waals surface area (Å²) in [5.74, 6) is 3.05. The number of carbonyl (C=O) groups is 1. The zero-order chi connectivity index (χ0) is 24.8. The molecular weight excluding hydrogens is 446 g/mol. The van der Waals surface area contributed by atoms with Gasteiger partial charge in [0, 0.05) is 49.1 Å². The highest BCUT2D eigenvalue weighted by molar-refractivity contribution is 5.97. The van der Waals surface area contributed by atoms with E-state index in [1.807, 2.05) is 32.3 Å². The molecular formula is C31H39N3O2. The predicted molar refractivity (Wildman–Crippen MR) is 145 cm³/mol. The van der Waals surface area contributed by atoms with Gasteiger partial charge in [0.05, 0.1) is 5.52 Å². The fourth-order valence-corrected chi connectivity index (χ4v) is 7.36. The number of ether oxygens (including phenoxy) is 1. The Morgan fingerprint density at radius 2 is 1.94 bits per heavy atom. The van der Waals surface area contributed by atoms with Crippen LogP contribution in [0.25, 0.3) is 10.9 Å². The van der Waals surface area contributed by atoms with E-state index in [0.29, 0.717) is 25.0 Å². The van der Waals surface area contributed by atoms with Crippen LogP contribution >= 0.6 is 0 Å². The van der Waals surface area contributed by atoms with Crippen LogP contribution in [-0.2, 0) is 13.0 Å². The van der Waals surface area contributed by atoms with Crippen LogP contribution in [0.5, 0.6) is 5.75 Å². The lowest BCUT2D eigenvalue weighted by atomic mass is 9.65. The SMILES string of the molecule is CC[C@H]1C[C@@H]2C[C@H]3c4c(c5cc(OCc6ccccc6)ccc5n4C(=O)CCN(C)C)CCN(C2)[C@@H]13. The van der Waals surface area contributed by atoms with Crippen molar-refractivity contribution in [3.8, 4) is 5.75 Å². The lowest BCUT2D eigenvalue weighted by Gasteiger charge is -2.53. The first-order chi connectivity index (χ1) is 17.5. The Morgan fingerprint density at radius 3 is 2.72 bits per heavy atom. The number of rotatable bonds is 7. The molecule has 1 aromatic heterocycles. The second-order valence-electron chi connectivity index (χ2n) is 11.4. The van der Waals surface area contributed by atoms with E-state index in [0.717, 1.165) is 48.2 Å². The Balaban J connectivity index is 1.43. The number of hydrogen-bond donors (Lipinski definition) is 0. The van der Waals surface area contributed by atoms with Crippen molar-refractivity contribution in [1.82, 2.24) is 14.4 Å². The molecule has 0 radical (unpaired) electrons. The van der Waals surface area contributed by atoms with Gasteiger partial charge in [0.25, 0.3) is 0 Å². The lowest BCUT2D eigenvalue weighted by molar-refractivity contribution is -0.0140. The van der Waals surface area contributed by atoms with Crippen molar-refractivity contribution in [1.29, 1.82) is 0 Å². The minimum absolute atomic E-state index is 0.232. The number of carbonyl (C=O) groups excluding carboxylic acids is 1. The maximum absolute atomic E-state index is 13.8. The molecule has 5 nitrogen and oxygen atoms in total. The van der Waals surface area contributed by atoms with Crippen molar-refractivity contribution < 1.29 is 9.53 Å². The summed E-state index contributed by atoms with van der Waals surface area (Å²) >= 11 is 0. The molecule has 3 aromatic rings. The number of fused-ring (bicyclic) bond motifs is 4. The van der Waals surface area contributed by atoms with Gasteiger partial charge in [-0.2, -0.15) is 0 Å². The van der Waals surface area contributed by atoms with Crippen LogP contribution in [0.15, 0.2) is 48.5 Å². The quantitative estimate of drug-likeness (QED) is 0.438. The van der Waals surface area contributed by atoms with E-state index >= 15 is 0 Å². The van der Waals surface area contributed by atoms with E-state index in [-0.39, 0.29) is 5.91 Å². The summed E-state index contributed by atoms with van der Waals surface area (Å²) in [7, 11) is 4.09. The largest absolute Gasteiger partial charge is 0.489 e. The van der Waals surface area contributed by atoms with Crippen LogP contribution in [0.3, 0.4) is 0 Å². The number of nitrogens with zero attached hydrogens (tertiary/aromatic N) is 3. The third-order valence-corrected chi connectivity index (χ3v) is 8.91. The molecule has 0 spiro atoms. The van der Waals surface area contributed by atoms with Crippen molar-refractivity contribution in [3.63, 3.8) is 0 Å². The number of piperidine rings is 2. The molecule has 1 saturated carbocycles. The van der Waals surface area contributed by atoms with Crippen molar-refractivity contribution >= 4 is 16.8 Å². The third-order valence-electron chi connectivity index (χ3n) is 8.91. The second-order valence-corrected chi connectivity index (χ2v) is 11.4. The molecule has 190 valence electrons. The number of hydrogen-bond acceptors (Lipinski definition) is 4. The standard InChI is InChI=1S/C31H39N3O2/c1-4-23-16-22-17-27-30(23)33(19-22)15-12-25-26-18-24(36-20-21-8-6-5-7-9-21)10-11-28(26)34(31(25)27)29(35)13-14-32(2)3/h5-11,18,22-23,27,30H,4,12-17,19-20H2,1-3H3/t22-,23+,27-,30+/m1/s1. The fourth-order valence-electron chi connectivity index (χ4n) is 7.36. The molecule has 4 bridgehead atoms. The van der Waals surface area contributed by atoms with Crippen LogP contribution in [-0.4, -0.2) is 60.0 Å². The van der Waals surface area contributed by atoms with E-state index in [9.17, 15) is 4.79 Å². The van der Waals surface area contributed by atoms with Gasteiger partial charge in [-0.25, -0.2) is 0 Å². The van der Waals surface area contributed by atoms with E-state index < -0.39 is 0 Å². The van der Waals surface area contributed by atoms with E-state index in [1.165, 1.54) is 42.5 Å². The average Bonchev–Trinajstić information content (AvgIpc) is 3.17. The average molecular weight is 486 g/mol. The molecule has 2 saturated heterocycles. The van der Waals surface area contributed by atoms with E-state index in [2.05, 4.69) is 51.6 Å². The maximum atomic E-state index is 13.8. The summed E-state index contributed by atoms with van der Waals surface area (Å²) in [5.41, 5.74) is 4.95. The Hall–Kier alpha value is -2.63. The topological polar surface area (TPSA) is 37.7 Å². The van der Waals surface area contributed by atoms with Gasteiger partial charge in [0.1, 0.15) is 12.4 Å². The van der Waals surface area contributed by atoms with Crippen LogP contribution in [0.2, 0.25) is 0 Å². The monoisotopic (exact) mass is 485 g/mol.